The monoisotopic (exact) mass is 156 g/mol. The van der Waals surface area contributed by atoms with Crippen molar-refractivity contribution in [1.82, 2.24) is 0 Å². The van der Waals surface area contributed by atoms with Crippen LogP contribution in [0.4, 0.5) is 0 Å². The van der Waals surface area contributed by atoms with E-state index in [-0.39, 0.29) is 5.41 Å². The highest BCUT2D eigenvalue weighted by Gasteiger charge is 2.39. The van der Waals surface area contributed by atoms with E-state index in [1.807, 2.05) is 26.8 Å². The highest BCUT2D eigenvalue weighted by atomic mass is 16.3. The van der Waals surface area contributed by atoms with Gasteiger partial charge in [0, 0.05) is 5.41 Å². The van der Waals surface area contributed by atoms with E-state index in [1.165, 1.54) is 0 Å². The Kier molecular flexibility index (Phi) is 2.90. The first-order chi connectivity index (χ1) is 4.75. The molecule has 66 valence electrons. The minimum Gasteiger partial charge on any atom is -0.390 e. The third-order valence-corrected chi connectivity index (χ3v) is 2.94. The standard InChI is InChI=1S/C10H20O/c1-7-10(6,8(2)3)9(4,5)11/h7-8,11H,1H2,2-6H3. The fourth-order valence-electron chi connectivity index (χ4n) is 1.19. The van der Waals surface area contributed by atoms with Gasteiger partial charge in [0.05, 0.1) is 5.60 Å². The Balaban J connectivity index is 4.75. The Morgan fingerprint density at radius 1 is 1.27 bits per heavy atom. The third kappa shape index (κ3) is 1.84. The Morgan fingerprint density at radius 2 is 1.64 bits per heavy atom. The van der Waals surface area contributed by atoms with Crippen molar-refractivity contribution in [3.05, 3.63) is 12.7 Å². The minimum absolute atomic E-state index is 0.201. The molecule has 0 rings (SSSR count). The molecule has 0 aromatic heterocycles. The van der Waals surface area contributed by atoms with E-state index in [0.717, 1.165) is 0 Å². The van der Waals surface area contributed by atoms with Crippen molar-refractivity contribution in [2.75, 3.05) is 0 Å². The molecule has 0 amide bonds. The van der Waals surface area contributed by atoms with Gasteiger partial charge in [-0.2, -0.15) is 0 Å². The van der Waals surface area contributed by atoms with Crippen LogP contribution in [0, 0.1) is 11.3 Å². The summed E-state index contributed by atoms with van der Waals surface area (Å²) in [4.78, 5) is 0. The third-order valence-electron chi connectivity index (χ3n) is 2.94. The Labute approximate surface area is 70.1 Å². The van der Waals surface area contributed by atoms with E-state index in [4.69, 9.17) is 0 Å². The van der Waals surface area contributed by atoms with Crippen molar-refractivity contribution in [3.63, 3.8) is 0 Å². The molecule has 0 aliphatic carbocycles. The van der Waals surface area contributed by atoms with Crippen molar-refractivity contribution < 1.29 is 5.11 Å². The molecule has 0 aromatic carbocycles. The number of rotatable bonds is 3. The van der Waals surface area contributed by atoms with E-state index in [9.17, 15) is 5.11 Å². The van der Waals surface area contributed by atoms with Gasteiger partial charge < -0.3 is 5.11 Å². The topological polar surface area (TPSA) is 20.2 Å². The van der Waals surface area contributed by atoms with Crippen molar-refractivity contribution in [2.45, 2.75) is 40.2 Å². The second-order valence-corrected chi connectivity index (χ2v) is 4.20. The van der Waals surface area contributed by atoms with Gasteiger partial charge in [0.25, 0.3) is 0 Å². The van der Waals surface area contributed by atoms with Crippen LogP contribution in [0.15, 0.2) is 12.7 Å². The van der Waals surface area contributed by atoms with Crippen LogP contribution >= 0.6 is 0 Å². The molecule has 0 spiro atoms. The SMILES string of the molecule is C=CC(C)(C(C)C)C(C)(C)O. The molecule has 1 nitrogen and oxygen atoms in total. The summed E-state index contributed by atoms with van der Waals surface area (Å²) in [6, 6.07) is 0. The summed E-state index contributed by atoms with van der Waals surface area (Å²) in [5, 5.41) is 9.84. The maximum absolute atomic E-state index is 9.84. The van der Waals surface area contributed by atoms with Gasteiger partial charge in [-0.1, -0.05) is 26.8 Å². The van der Waals surface area contributed by atoms with E-state index in [2.05, 4.69) is 20.4 Å². The van der Waals surface area contributed by atoms with Gasteiger partial charge in [-0.25, -0.2) is 0 Å². The molecule has 0 radical (unpaired) electrons. The van der Waals surface area contributed by atoms with Gasteiger partial charge >= 0.3 is 0 Å². The molecule has 1 heteroatoms. The summed E-state index contributed by atoms with van der Waals surface area (Å²) in [5.41, 5.74) is -0.893. The van der Waals surface area contributed by atoms with Crippen LogP contribution in [0.1, 0.15) is 34.6 Å². The van der Waals surface area contributed by atoms with Gasteiger partial charge in [-0.15, -0.1) is 6.58 Å². The van der Waals surface area contributed by atoms with Crippen LogP contribution in [0.3, 0.4) is 0 Å². The predicted octanol–water partition coefficient (Wildman–Crippen LogP) is 2.61. The number of aliphatic hydroxyl groups is 1. The molecule has 0 heterocycles. The summed E-state index contributed by atoms with van der Waals surface area (Å²) in [5.74, 6) is 0.403. The summed E-state index contributed by atoms with van der Waals surface area (Å²) >= 11 is 0. The lowest BCUT2D eigenvalue weighted by atomic mass is 9.68. The van der Waals surface area contributed by atoms with E-state index in [0.29, 0.717) is 5.92 Å². The fraction of sp³-hybridized carbons (Fsp3) is 0.800. The molecule has 1 atom stereocenters. The maximum Gasteiger partial charge on any atom is 0.0681 e. The van der Waals surface area contributed by atoms with Crippen LogP contribution in [-0.4, -0.2) is 10.7 Å². The molecule has 11 heavy (non-hydrogen) atoms. The van der Waals surface area contributed by atoms with Gasteiger partial charge in [-0.05, 0) is 19.8 Å². The number of hydrogen-bond acceptors (Lipinski definition) is 1. The molecule has 0 aromatic rings. The zero-order valence-electron chi connectivity index (χ0n) is 8.31. The van der Waals surface area contributed by atoms with Crippen LogP contribution < -0.4 is 0 Å². The normalized spacial score (nSPS) is 18.1. The van der Waals surface area contributed by atoms with Crippen molar-refractivity contribution >= 4 is 0 Å². The van der Waals surface area contributed by atoms with Crippen LogP contribution in [0.25, 0.3) is 0 Å². The predicted molar refractivity (Wildman–Crippen MR) is 49.4 cm³/mol. The van der Waals surface area contributed by atoms with E-state index < -0.39 is 5.60 Å². The first kappa shape index (κ1) is 10.7. The van der Waals surface area contributed by atoms with Gasteiger partial charge in [0.2, 0.25) is 0 Å². The Bertz CT molecular complexity index is 141. The first-order valence-corrected chi connectivity index (χ1v) is 4.11. The lowest BCUT2D eigenvalue weighted by Crippen LogP contribution is -2.43. The zero-order chi connectivity index (χ0) is 9.28. The summed E-state index contributed by atoms with van der Waals surface area (Å²) < 4.78 is 0. The molecule has 1 N–H and O–H groups in total. The average Bonchev–Trinajstić information content (AvgIpc) is 1.83. The average molecular weight is 156 g/mol. The number of hydrogen-bond donors (Lipinski definition) is 1. The molecule has 0 fully saturated rings. The highest BCUT2D eigenvalue weighted by Crippen LogP contribution is 2.39. The largest absolute Gasteiger partial charge is 0.390 e. The molecule has 0 aliphatic heterocycles. The van der Waals surface area contributed by atoms with Crippen LogP contribution in [0.5, 0.6) is 0 Å². The minimum atomic E-state index is -0.692. The molecule has 1 unspecified atom stereocenters. The lowest BCUT2D eigenvalue weighted by molar-refractivity contribution is -0.0415. The van der Waals surface area contributed by atoms with Crippen molar-refractivity contribution in [2.24, 2.45) is 11.3 Å². The Morgan fingerprint density at radius 3 is 1.64 bits per heavy atom. The summed E-state index contributed by atoms with van der Waals surface area (Å²) in [6.45, 7) is 13.6. The first-order valence-electron chi connectivity index (χ1n) is 4.11. The van der Waals surface area contributed by atoms with E-state index >= 15 is 0 Å². The van der Waals surface area contributed by atoms with Crippen LogP contribution in [0.2, 0.25) is 0 Å². The molecule has 0 aliphatic rings. The smallest absolute Gasteiger partial charge is 0.0681 e. The van der Waals surface area contributed by atoms with E-state index in [1.54, 1.807) is 0 Å². The molecular formula is C10H20O. The zero-order valence-corrected chi connectivity index (χ0v) is 8.31. The van der Waals surface area contributed by atoms with Gasteiger partial charge in [0.15, 0.2) is 0 Å². The van der Waals surface area contributed by atoms with Gasteiger partial charge in [-0.3, -0.25) is 0 Å². The molecular weight excluding hydrogens is 136 g/mol. The maximum atomic E-state index is 9.84. The fourth-order valence-corrected chi connectivity index (χ4v) is 1.19. The summed E-state index contributed by atoms with van der Waals surface area (Å²) in [6.07, 6.45) is 1.84. The van der Waals surface area contributed by atoms with Crippen molar-refractivity contribution in [3.8, 4) is 0 Å². The summed E-state index contributed by atoms with van der Waals surface area (Å²) in [7, 11) is 0. The lowest BCUT2D eigenvalue weighted by Gasteiger charge is -2.41. The molecule has 0 bridgehead atoms. The molecule has 0 saturated heterocycles. The van der Waals surface area contributed by atoms with Crippen molar-refractivity contribution in [1.29, 1.82) is 0 Å². The highest BCUT2D eigenvalue weighted by molar-refractivity contribution is 5.03. The van der Waals surface area contributed by atoms with Crippen LogP contribution in [-0.2, 0) is 0 Å². The second kappa shape index (κ2) is 2.98. The van der Waals surface area contributed by atoms with Gasteiger partial charge in [0.1, 0.15) is 0 Å². The Hall–Kier alpha value is -0.300. The quantitative estimate of drug-likeness (QED) is 0.623. The molecule has 0 saturated carbocycles. The second-order valence-electron chi connectivity index (χ2n) is 4.20.